The maximum atomic E-state index is 13.3. The molecule has 37 heavy (non-hydrogen) atoms. The van der Waals surface area contributed by atoms with Crippen molar-refractivity contribution in [2.45, 2.75) is 31.1 Å². The second kappa shape index (κ2) is 10.4. The molecule has 1 fully saturated rings. The van der Waals surface area contributed by atoms with Crippen LogP contribution in [0.2, 0.25) is 5.02 Å². The highest BCUT2D eigenvalue weighted by Crippen LogP contribution is 2.38. The number of methoxy groups -OCH3 is 1. The molecule has 0 radical (unpaired) electrons. The van der Waals surface area contributed by atoms with Crippen molar-refractivity contribution in [3.05, 3.63) is 94.5 Å². The van der Waals surface area contributed by atoms with Crippen molar-refractivity contribution in [3.63, 3.8) is 0 Å². The summed E-state index contributed by atoms with van der Waals surface area (Å²) >= 11 is 7.17. The number of carbonyl (C=O) groups is 2. The molecule has 9 heteroatoms. The quantitative estimate of drug-likeness (QED) is 0.255. The number of amidine groups is 1. The van der Waals surface area contributed by atoms with E-state index < -0.39 is 5.25 Å². The molecule has 1 saturated heterocycles. The molecular formula is C28H25ClN4O3S. The van der Waals surface area contributed by atoms with Gasteiger partial charge in [-0.05, 0) is 42.3 Å². The van der Waals surface area contributed by atoms with Gasteiger partial charge in [-0.25, -0.2) is 9.91 Å². The van der Waals surface area contributed by atoms with E-state index in [1.807, 2.05) is 55.5 Å². The zero-order valence-electron chi connectivity index (χ0n) is 20.3. The van der Waals surface area contributed by atoms with Gasteiger partial charge in [0.2, 0.25) is 11.8 Å². The fraction of sp³-hybridized carbons (Fsp3) is 0.214. The Hall–Kier alpha value is -3.62. The first kappa shape index (κ1) is 25.0. The number of aryl methyl sites for hydroxylation is 1. The predicted molar refractivity (Wildman–Crippen MR) is 148 cm³/mol. The molecule has 3 aromatic carbocycles. The van der Waals surface area contributed by atoms with Crippen LogP contribution >= 0.6 is 23.4 Å². The Bertz CT molecular complexity index is 1390. The Labute approximate surface area is 224 Å². The third-order valence-electron chi connectivity index (χ3n) is 6.43. The maximum Gasteiger partial charge on any atom is 0.247 e. The number of hydrazone groups is 1. The first-order chi connectivity index (χ1) is 17.8. The molecule has 2 atom stereocenters. The largest absolute Gasteiger partial charge is 0.497 e. The molecule has 2 heterocycles. The minimum absolute atomic E-state index is 0.0110. The summed E-state index contributed by atoms with van der Waals surface area (Å²) in [6.07, 6.45) is 0.609. The van der Waals surface area contributed by atoms with Crippen LogP contribution in [-0.2, 0) is 9.59 Å². The molecule has 0 bridgehead atoms. The maximum absolute atomic E-state index is 13.3. The van der Waals surface area contributed by atoms with Crippen LogP contribution in [-0.4, -0.2) is 40.1 Å². The van der Waals surface area contributed by atoms with Crippen molar-refractivity contribution < 1.29 is 14.3 Å². The zero-order chi connectivity index (χ0) is 26.1. The van der Waals surface area contributed by atoms with Gasteiger partial charge in [-0.3, -0.25) is 15.0 Å². The average Bonchev–Trinajstić information content (AvgIpc) is 3.46. The van der Waals surface area contributed by atoms with Crippen molar-refractivity contribution in [1.82, 2.24) is 5.01 Å². The van der Waals surface area contributed by atoms with Crippen LogP contribution in [0.15, 0.2) is 77.9 Å². The number of carbonyl (C=O) groups excluding carboxylic acids is 2. The molecular weight excluding hydrogens is 508 g/mol. The molecule has 0 saturated carbocycles. The molecule has 0 aliphatic carbocycles. The standard InChI is InChI=1S/C28H25ClN4O3S/c1-17-6-8-18(9-7-17)23-15-24(19-10-12-20(29)13-11-19)33(31-23)28(30)37-25-16-26(34)32(27(25)35)21-4-3-5-22(14-21)36-2/h3-14,24-25,30H,15-16H2,1-2H3/t24-,25-/m1/s1. The molecule has 5 rings (SSSR count). The van der Waals surface area contributed by atoms with Crippen molar-refractivity contribution >= 4 is 51.7 Å². The van der Waals surface area contributed by atoms with Gasteiger partial charge in [0.1, 0.15) is 11.0 Å². The molecule has 0 unspecified atom stereocenters. The molecule has 0 spiro atoms. The summed E-state index contributed by atoms with van der Waals surface area (Å²) in [5.74, 6) is -0.0937. The van der Waals surface area contributed by atoms with E-state index in [9.17, 15) is 9.59 Å². The van der Waals surface area contributed by atoms with Gasteiger partial charge in [-0.1, -0.05) is 71.4 Å². The number of ether oxygens (including phenoxy) is 1. The molecule has 1 N–H and O–H groups in total. The van der Waals surface area contributed by atoms with Crippen molar-refractivity contribution in [1.29, 1.82) is 5.41 Å². The van der Waals surface area contributed by atoms with Crippen molar-refractivity contribution in [2.24, 2.45) is 5.10 Å². The smallest absolute Gasteiger partial charge is 0.247 e. The molecule has 0 aromatic heterocycles. The monoisotopic (exact) mass is 532 g/mol. The van der Waals surface area contributed by atoms with Gasteiger partial charge in [-0.15, -0.1) is 0 Å². The highest BCUT2D eigenvalue weighted by Gasteiger charge is 2.42. The number of anilines is 1. The van der Waals surface area contributed by atoms with E-state index in [4.69, 9.17) is 26.8 Å². The van der Waals surface area contributed by atoms with Gasteiger partial charge < -0.3 is 4.74 Å². The lowest BCUT2D eigenvalue weighted by molar-refractivity contribution is -0.121. The third kappa shape index (κ3) is 5.12. The summed E-state index contributed by atoms with van der Waals surface area (Å²) in [5.41, 5.74) is 4.43. The summed E-state index contributed by atoms with van der Waals surface area (Å²) < 4.78 is 5.24. The summed E-state index contributed by atoms with van der Waals surface area (Å²) in [6, 6.07) is 22.2. The zero-order valence-corrected chi connectivity index (χ0v) is 21.9. The summed E-state index contributed by atoms with van der Waals surface area (Å²) in [5, 5.41) is 15.4. The van der Waals surface area contributed by atoms with Crippen LogP contribution in [0.3, 0.4) is 0 Å². The Morgan fingerprint density at radius 1 is 1.05 bits per heavy atom. The fourth-order valence-corrected chi connectivity index (χ4v) is 5.57. The van der Waals surface area contributed by atoms with Gasteiger partial charge >= 0.3 is 0 Å². The van der Waals surface area contributed by atoms with E-state index in [2.05, 4.69) is 0 Å². The summed E-state index contributed by atoms with van der Waals surface area (Å²) in [4.78, 5) is 27.2. The second-order valence-corrected chi connectivity index (χ2v) is 10.5. The highest BCUT2D eigenvalue weighted by atomic mass is 35.5. The van der Waals surface area contributed by atoms with E-state index in [-0.39, 0.29) is 29.4 Å². The van der Waals surface area contributed by atoms with Crippen LogP contribution < -0.4 is 9.64 Å². The van der Waals surface area contributed by atoms with Gasteiger partial charge in [0.05, 0.1) is 24.6 Å². The minimum atomic E-state index is -0.712. The van der Waals surface area contributed by atoms with E-state index in [1.54, 1.807) is 29.3 Å². The Kier molecular flexibility index (Phi) is 7.04. The van der Waals surface area contributed by atoms with Crippen LogP contribution in [0.25, 0.3) is 0 Å². The fourth-order valence-electron chi connectivity index (χ4n) is 4.47. The number of rotatable bonds is 5. The lowest BCUT2D eigenvalue weighted by Crippen LogP contribution is -2.32. The topological polar surface area (TPSA) is 86.1 Å². The third-order valence-corrected chi connectivity index (χ3v) is 7.74. The number of hydrogen-bond acceptors (Lipinski definition) is 6. The number of hydrogen-bond donors (Lipinski definition) is 1. The van der Waals surface area contributed by atoms with E-state index in [0.717, 1.165) is 34.2 Å². The molecule has 188 valence electrons. The lowest BCUT2D eigenvalue weighted by atomic mass is 9.98. The van der Waals surface area contributed by atoms with Crippen LogP contribution in [0.5, 0.6) is 5.75 Å². The SMILES string of the molecule is COc1cccc(N2C(=O)C[C@@H](SC(=N)N3N=C(c4ccc(C)cc4)C[C@@H]3c3ccc(Cl)cc3)C2=O)c1. The highest BCUT2D eigenvalue weighted by molar-refractivity contribution is 8.14. The van der Waals surface area contributed by atoms with E-state index in [1.165, 1.54) is 12.0 Å². The second-order valence-electron chi connectivity index (χ2n) is 8.91. The van der Waals surface area contributed by atoms with E-state index >= 15 is 0 Å². The number of nitrogens with one attached hydrogen (secondary N) is 1. The first-order valence-corrected chi connectivity index (χ1v) is 13.0. The number of thioether (sulfide) groups is 1. The number of halogens is 1. The number of amides is 2. The molecule has 2 aliphatic rings. The van der Waals surface area contributed by atoms with Gasteiger partial charge in [0.25, 0.3) is 0 Å². The predicted octanol–water partition coefficient (Wildman–Crippen LogP) is 5.81. The Balaban J connectivity index is 1.39. The lowest BCUT2D eigenvalue weighted by Gasteiger charge is -2.24. The van der Waals surface area contributed by atoms with Gasteiger partial charge in [-0.2, -0.15) is 5.10 Å². The number of benzene rings is 3. The van der Waals surface area contributed by atoms with E-state index in [0.29, 0.717) is 22.9 Å². The number of imide groups is 1. The molecule has 2 aliphatic heterocycles. The molecule has 7 nitrogen and oxygen atoms in total. The van der Waals surface area contributed by atoms with Gasteiger partial charge in [0, 0.05) is 23.9 Å². The summed E-state index contributed by atoms with van der Waals surface area (Å²) in [7, 11) is 1.53. The van der Waals surface area contributed by atoms with Crippen LogP contribution in [0, 0.1) is 12.3 Å². The van der Waals surface area contributed by atoms with Crippen LogP contribution in [0.1, 0.15) is 35.6 Å². The van der Waals surface area contributed by atoms with Crippen molar-refractivity contribution in [2.75, 3.05) is 12.0 Å². The Morgan fingerprint density at radius 2 is 1.78 bits per heavy atom. The van der Waals surface area contributed by atoms with Crippen LogP contribution in [0.4, 0.5) is 5.69 Å². The molecule has 2 amide bonds. The number of nitrogens with zero attached hydrogens (tertiary/aromatic N) is 3. The normalized spacial score (nSPS) is 19.4. The summed E-state index contributed by atoms with van der Waals surface area (Å²) in [6.45, 7) is 2.03. The minimum Gasteiger partial charge on any atom is -0.497 e. The van der Waals surface area contributed by atoms with Gasteiger partial charge in [0.15, 0.2) is 5.17 Å². The van der Waals surface area contributed by atoms with Crippen molar-refractivity contribution in [3.8, 4) is 5.75 Å². The average molecular weight is 533 g/mol. The molecule has 3 aromatic rings. The first-order valence-electron chi connectivity index (χ1n) is 11.8. The Morgan fingerprint density at radius 3 is 2.49 bits per heavy atom.